The quantitative estimate of drug-likeness (QED) is 0.829. The van der Waals surface area contributed by atoms with E-state index in [1.807, 2.05) is 13.0 Å². The molecule has 16 heavy (non-hydrogen) atoms. The highest BCUT2D eigenvalue weighted by atomic mass is 32.1. The Hall–Kier alpha value is -0.870. The van der Waals surface area contributed by atoms with Gasteiger partial charge in [-0.25, -0.2) is 0 Å². The van der Waals surface area contributed by atoms with E-state index in [9.17, 15) is 4.79 Å². The SMILES string of the molecule is CCCC(C)(N)C(=O)NCc1ccc(C)s1. The first-order valence-corrected chi connectivity index (χ1v) is 6.40. The van der Waals surface area contributed by atoms with Crippen molar-refractivity contribution in [1.82, 2.24) is 5.32 Å². The van der Waals surface area contributed by atoms with Crippen molar-refractivity contribution < 1.29 is 4.79 Å². The van der Waals surface area contributed by atoms with Gasteiger partial charge >= 0.3 is 0 Å². The van der Waals surface area contributed by atoms with Crippen LogP contribution in [0.4, 0.5) is 0 Å². The zero-order valence-electron chi connectivity index (χ0n) is 10.2. The van der Waals surface area contributed by atoms with Gasteiger partial charge in [-0.3, -0.25) is 4.79 Å². The average Bonchev–Trinajstić information content (AvgIpc) is 2.60. The Balaban J connectivity index is 2.46. The van der Waals surface area contributed by atoms with Gasteiger partial charge in [0.2, 0.25) is 5.91 Å². The second-order valence-corrected chi connectivity index (χ2v) is 5.73. The topological polar surface area (TPSA) is 55.1 Å². The maximum atomic E-state index is 11.8. The fourth-order valence-corrected chi connectivity index (χ4v) is 2.41. The highest BCUT2D eigenvalue weighted by Gasteiger charge is 2.26. The summed E-state index contributed by atoms with van der Waals surface area (Å²) in [7, 11) is 0. The van der Waals surface area contributed by atoms with Crippen molar-refractivity contribution in [3.8, 4) is 0 Å². The molecule has 0 saturated heterocycles. The molecule has 1 rings (SSSR count). The van der Waals surface area contributed by atoms with E-state index in [4.69, 9.17) is 5.73 Å². The van der Waals surface area contributed by atoms with Gasteiger partial charge in [-0.05, 0) is 32.4 Å². The standard InChI is InChI=1S/C12H20N2OS/c1-4-7-12(3,13)11(15)14-8-10-6-5-9(2)16-10/h5-6H,4,7-8,13H2,1-3H3,(H,14,15). The molecule has 0 aliphatic rings. The molecular formula is C12H20N2OS. The van der Waals surface area contributed by atoms with Crippen LogP contribution in [0.3, 0.4) is 0 Å². The van der Waals surface area contributed by atoms with E-state index in [-0.39, 0.29) is 5.91 Å². The summed E-state index contributed by atoms with van der Waals surface area (Å²) in [6, 6.07) is 4.09. The van der Waals surface area contributed by atoms with Gasteiger partial charge in [-0.2, -0.15) is 0 Å². The highest BCUT2D eigenvalue weighted by Crippen LogP contribution is 2.15. The van der Waals surface area contributed by atoms with Crippen LogP contribution in [0, 0.1) is 6.92 Å². The molecule has 1 amide bonds. The number of rotatable bonds is 5. The minimum Gasteiger partial charge on any atom is -0.350 e. The first kappa shape index (κ1) is 13.2. The molecular weight excluding hydrogens is 220 g/mol. The van der Waals surface area contributed by atoms with Crippen molar-refractivity contribution in [2.45, 2.75) is 45.7 Å². The minimum absolute atomic E-state index is 0.0691. The molecule has 0 spiro atoms. The molecule has 0 aromatic carbocycles. The van der Waals surface area contributed by atoms with Crippen LogP contribution in [0.15, 0.2) is 12.1 Å². The molecule has 3 nitrogen and oxygen atoms in total. The Kier molecular flexibility index (Phi) is 4.50. The van der Waals surface area contributed by atoms with Gasteiger partial charge in [-0.1, -0.05) is 13.3 Å². The second-order valence-electron chi connectivity index (χ2n) is 4.36. The molecule has 0 aliphatic heterocycles. The van der Waals surface area contributed by atoms with Crippen LogP contribution in [0.5, 0.6) is 0 Å². The van der Waals surface area contributed by atoms with Gasteiger partial charge in [0, 0.05) is 9.75 Å². The lowest BCUT2D eigenvalue weighted by molar-refractivity contribution is -0.126. The van der Waals surface area contributed by atoms with E-state index >= 15 is 0 Å². The number of nitrogens with two attached hydrogens (primary N) is 1. The molecule has 0 bridgehead atoms. The van der Waals surface area contributed by atoms with E-state index in [0.717, 1.165) is 11.3 Å². The zero-order valence-corrected chi connectivity index (χ0v) is 11.0. The maximum absolute atomic E-state index is 11.8. The highest BCUT2D eigenvalue weighted by molar-refractivity contribution is 7.11. The number of nitrogens with one attached hydrogen (secondary N) is 1. The summed E-state index contributed by atoms with van der Waals surface area (Å²) in [5, 5.41) is 2.88. The normalized spacial score (nSPS) is 14.5. The zero-order chi connectivity index (χ0) is 12.2. The number of aryl methyl sites for hydroxylation is 1. The Morgan fingerprint density at radius 2 is 2.25 bits per heavy atom. The molecule has 0 saturated carbocycles. The molecule has 1 atom stereocenters. The first-order valence-electron chi connectivity index (χ1n) is 5.58. The fraction of sp³-hybridized carbons (Fsp3) is 0.583. The lowest BCUT2D eigenvalue weighted by atomic mass is 9.96. The molecule has 4 heteroatoms. The summed E-state index contributed by atoms with van der Waals surface area (Å²) in [5.41, 5.74) is 5.18. The largest absolute Gasteiger partial charge is 0.350 e. The van der Waals surface area contributed by atoms with Crippen LogP contribution in [0.2, 0.25) is 0 Å². The van der Waals surface area contributed by atoms with Crippen LogP contribution in [-0.2, 0) is 11.3 Å². The molecule has 0 aliphatic carbocycles. The van der Waals surface area contributed by atoms with Crippen molar-refractivity contribution in [2.24, 2.45) is 5.73 Å². The Labute approximate surface area is 101 Å². The van der Waals surface area contributed by atoms with Crippen LogP contribution in [0.1, 0.15) is 36.4 Å². The monoisotopic (exact) mass is 240 g/mol. The summed E-state index contributed by atoms with van der Waals surface area (Å²) in [5.74, 6) is -0.0691. The molecule has 1 aromatic heterocycles. The molecule has 90 valence electrons. The second kappa shape index (κ2) is 5.46. The molecule has 0 fully saturated rings. The van der Waals surface area contributed by atoms with Crippen molar-refractivity contribution in [2.75, 3.05) is 0 Å². The van der Waals surface area contributed by atoms with Crippen LogP contribution in [-0.4, -0.2) is 11.4 Å². The van der Waals surface area contributed by atoms with E-state index < -0.39 is 5.54 Å². The van der Waals surface area contributed by atoms with Crippen molar-refractivity contribution in [3.63, 3.8) is 0 Å². The number of carbonyl (C=O) groups excluding carboxylic acids is 1. The predicted molar refractivity (Wildman–Crippen MR) is 68.4 cm³/mol. The smallest absolute Gasteiger partial charge is 0.240 e. The Morgan fingerprint density at radius 1 is 1.56 bits per heavy atom. The summed E-state index contributed by atoms with van der Waals surface area (Å²) < 4.78 is 0. The average molecular weight is 240 g/mol. The number of thiophene rings is 1. The molecule has 1 heterocycles. The van der Waals surface area contributed by atoms with Crippen LogP contribution >= 0.6 is 11.3 Å². The Morgan fingerprint density at radius 3 is 2.75 bits per heavy atom. The molecule has 1 aromatic rings. The number of carbonyl (C=O) groups is 1. The lowest BCUT2D eigenvalue weighted by Crippen LogP contribution is -2.51. The third kappa shape index (κ3) is 3.61. The van der Waals surface area contributed by atoms with Crippen LogP contribution < -0.4 is 11.1 Å². The number of hydrogen-bond acceptors (Lipinski definition) is 3. The van der Waals surface area contributed by atoms with Crippen LogP contribution in [0.25, 0.3) is 0 Å². The molecule has 3 N–H and O–H groups in total. The first-order chi connectivity index (χ1) is 7.45. The van der Waals surface area contributed by atoms with Crippen molar-refractivity contribution in [1.29, 1.82) is 0 Å². The summed E-state index contributed by atoms with van der Waals surface area (Å²) in [6.45, 7) is 6.44. The fourth-order valence-electron chi connectivity index (χ4n) is 1.58. The van der Waals surface area contributed by atoms with Crippen molar-refractivity contribution in [3.05, 3.63) is 21.9 Å². The molecule has 0 radical (unpaired) electrons. The minimum atomic E-state index is -0.749. The summed E-state index contributed by atoms with van der Waals surface area (Å²) in [4.78, 5) is 14.2. The van der Waals surface area contributed by atoms with E-state index in [2.05, 4.69) is 18.3 Å². The van der Waals surface area contributed by atoms with Gasteiger partial charge in [0.05, 0.1) is 12.1 Å². The van der Waals surface area contributed by atoms with Gasteiger partial charge < -0.3 is 11.1 Å². The van der Waals surface area contributed by atoms with Gasteiger partial charge in [0.25, 0.3) is 0 Å². The van der Waals surface area contributed by atoms with Gasteiger partial charge in [-0.15, -0.1) is 11.3 Å². The maximum Gasteiger partial charge on any atom is 0.240 e. The van der Waals surface area contributed by atoms with E-state index in [0.29, 0.717) is 13.0 Å². The van der Waals surface area contributed by atoms with Gasteiger partial charge in [0.15, 0.2) is 0 Å². The number of amides is 1. The van der Waals surface area contributed by atoms with E-state index in [1.54, 1.807) is 18.3 Å². The summed E-state index contributed by atoms with van der Waals surface area (Å²) in [6.07, 6.45) is 1.63. The third-order valence-electron chi connectivity index (χ3n) is 2.51. The third-order valence-corrected chi connectivity index (χ3v) is 3.51. The van der Waals surface area contributed by atoms with E-state index in [1.165, 1.54) is 4.88 Å². The number of hydrogen-bond donors (Lipinski definition) is 2. The van der Waals surface area contributed by atoms with Gasteiger partial charge in [0.1, 0.15) is 0 Å². The molecule has 1 unspecified atom stereocenters. The van der Waals surface area contributed by atoms with Crippen molar-refractivity contribution >= 4 is 17.2 Å². The Bertz CT molecular complexity index is 358. The lowest BCUT2D eigenvalue weighted by Gasteiger charge is -2.22. The summed E-state index contributed by atoms with van der Waals surface area (Å²) >= 11 is 1.70. The predicted octanol–water partition coefficient (Wildman–Crippen LogP) is 2.19.